The molecule has 36 heavy (non-hydrogen) atoms. The van der Waals surface area contributed by atoms with Crippen molar-refractivity contribution >= 4 is 18.0 Å². The van der Waals surface area contributed by atoms with Crippen molar-refractivity contribution in [3.8, 4) is 0 Å². The fraction of sp³-hybridized carbons (Fsp3) is 0.481. The standard InChI is InChI=1S/C27H39N5O4/c1-20(2)23(31-25(34)30-18-21-11-7-6-8-12-21)24(33)29-15-10-16-32(26(35)36-27(3,4)5)19-22-13-9-14-28-17-22/h6-9,11-14,17,20,23H,10,15-16,18-19H2,1-5H3,(H,29,33)(H2,30,31,34). The van der Waals surface area contributed by atoms with Crippen molar-refractivity contribution in [2.75, 3.05) is 13.1 Å². The van der Waals surface area contributed by atoms with Crippen molar-refractivity contribution in [2.24, 2.45) is 5.92 Å². The molecular weight excluding hydrogens is 458 g/mol. The second kappa shape index (κ2) is 14.1. The van der Waals surface area contributed by atoms with Crippen LogP contribution in [0.25, 0.3) is 0 Å². The number of benzene rings is 1. The minimum absolute atomic E-state index is 0.101. The molecule has 9 heteroatoms. The zero-order valence-electron chi connectivity index (χ0n) is 21.9. The molecule has 1 atom stereocenters. The van der Waals surface area contributed by atoms with Gasteiger partial charge in [-0.25, -0.2) is 9.59 Å². The van der Waals surface area contributed by atoms with Gasteiger partial charge < -0.3 is 25.6 Å². The summed E-state index contributed by atoms with van der Waals surface area (Å²) in [5.41, 5.74) is 1.24. The van der Waals surface area contributed by atoms with Gasteiger partial charge in [0.1, 0.15) is 11.6 Å². The highest BCUT2D eigenvalue weighted by Crippen LogP contribution is 2.13. The smallest absolute Gasteiger partial charge is 0.410 e. The van der Waals surface area contributed by atoms with Gasteiger partial charge in [-0.2, -0.15) is 0 Å². The Labute approximate surface area is 214 Å². The fourth-order valence-corrected chi connectivity index (χ4v) is 3.37. The first-order chi connectivity index (χ1) is 17.0. The molecule has 196 valence electrons. The number of aromatic nitrogens is 1. The number of nitrogens with zero attached hydrogens (tertiary/aromatic N) is 2. The first-order valence-electron chi connectivity index (χ1n) is 12.3. The fourth-order valence-electron chi connectivity index (χ4n) is 3.37. The van der Waals surface area contributed by atoms with Crippen LogP contribution in [0.15, 0.2) is 54.9 Å². The molecule has 2 rings (SSSR count). The average molecular weight is 498 g/mol. The molecule has 1 aromatic heterocycles. The van der Waals surface area contributed by atoms with Crippen LogP contribution in [-0.2, 0) is 22.6 Å². The SMILES string of the molecule is CC(C)C(NC(=O)NCc1ccccc1)C(=O)NCCCN(Cc1cccnc1)C(=O)OC(C)(C)C. The van der Waals surface area contributed by atoms with E-state index in [0.29, 0.717) is 32.6 Å². The first-order valence-corrected chi connectivity index (χ1v) is 12.3. The van der Waals surface area contributed by atoms with Gasteiger partial charge in [-0.15, -0.1) is 0 Å². The van der Waals surface area contributed by atoms with Crippen LogP contribution < -0.4 is 16.0 Å². The average Bonchev–Trinajstić information content (AvgIpc) is 2.83. The second-order valence-electron chi connectivity index (χ2n) is 9.94. The van der Waals surface area contributed by atoms with Crippen molar-refractivity contribution in [2.45, 2.75) is 65.8 Å². The van der Waals surface area contributed by atoms with Crippen LogP contribution >= 0.6 is 0 Å². The number of hydrogen-bond donors (Lipinski definition) is 3. The Hall–Kier alpha value is -3.62. The van der Waals surface area contributed by atoms with Gasteiger partial charge in [-0.1, -0.05) is 50.2 Å². The molecule has 1 unspecified atom stereocenters. The molecule has 0 saturated carbocycles. The Bertz CT molecular complexity index is 961. The van der Waals surface area contributed by atoms with E-state index in [4.69, 9.17) is 4.74 Å². The van der Waals surface area contributed by atoms with Crippen LogP contribution in [0.5, 0.6) is 0 Å². The summed E-state index contributed by atoms with van der Waals surface area (Å²) in [6, 6.07) is 12.2. The van der Waals surface area contributed by atoms with Crippen LogP contribution in [0, 0.1) is 5.92 Å². The molecule has 0 aliphatic rings. The highest BCUT2D eigenvalue weighted by Gasteiger charge is 2.25. The van der Waals surface area contributed by atoms with Crippen molar-refractivity contribution in [1.29, 1.82) is 0 Å². The number of carbonyl (C=O) groups excluding carboxylic acids is 3. The van der Waals surface area contributed by atoms with E-state index in [1.807, 2.05) is 77.1 Å². The summed E-state index contributed by atoms with van der Waals surface area (Å²) >= 11 is 0. The maximum Gasteiger partial charge on any atom is 0.410 e. The molecule has 1 aromatic carbocycles. The number of carbonyl (C=O) groups is 3. The quantitative estimate of drug-likeness (QED) is 0.408. The molecule has 3 N–H and O–H groups in total. The van der Waals surface area contributed by atoms with E-state index < -0.39 is 23.8 Å². The van der Waals surface area contributed by atoms with Crippen molar-refractivity contribution < 1.29 is 19.1 Å². The van der Waals surface area contributed by atoms with Gasteiger partial charge in [0, 0.05) is 32.0 Å². The lowest BCUT2D eigenvalue weighted by molar-refractivity contribution is -0.123. The van der Waals surface area contributed by atoms with Crippen LogP contribution in [0.1, 0.15) is 52.2 Å². The Morgan fingerprint density at radius 3 is 2.31 bits per heavy atom. The predicted octanol–water partition coefficient (Wildman–Crippen LogP) is 3.85. The number of pyridine rings is 1. The number of urea groups is 1. The molecule has 0 bridgehead atoms. The summed E-state index contributed by atoms with van der Waals surface area (Å²) < 4.78 is 5.54. The van der Waals surface area contributed by atoms with Crippen LogP contribution in [0.3, 0.4) is 0 Å². The van der Waals surface area contributed by atoms with E-state index in [0.717, 1.165) is 11.1 Å². The minimum atomic E-state index is -0.682. The lowest BCUT2D eigenvalue weighted by Gasteiger charge is -2.27. The van der Waals surface area contributed by atoms with Gasteiger partial charge in [0.15, 0.2) is 0 Å². The molecule has 9 nitrogen and oxygen atoms in total. The van der Waals surface area contributed by atoms with E-state index >= 15 is 0 Å². The zero-order valence-corrected chi connectivity index (χ0v) is 21.9. The van der Waals surface area contributed by atoms with Crippen LogP contribution in [0.4, 0.5) is 9.59 Å². The van der Waals surface area contributed by atoms with Crippen LogP contribution in [-0.4, -0.2) is 52.6 Å². The summed E-state index contributed by atoms with van der Waals surface area (Å²) in [5, 5.41) is 8.42. The second-order valence-corrected chi connectivity index (χ2v) is 9.94. The van der Waals surface area contributed by atoms with Gasteiger partial charge in [-0.3, -0.25) is 9.78 Å². The van der Waals surface area contributed by atoms with E-state index in [1.165, 1.54) is 0 Å². The maximum atomic E-state index is 12.8. The Morgan fingerprint density at radius 2 is 1.69 bits per heavy atom. The van der Waals surface area contributed by atoms with Crippen molar-refractivity contribution in [1.82, 2.24) is 25.8 Å². The van der Waals surface area contributed by atoms with E-state index in [2.05, 4.69) is 20.9 Å². The number of amides is 4. The number of nitrogens with one attached hydrogen (secondary N) is 3. The summed E-state index contributed by atoms with van der Waals surface area (Å²) in [4.78, 5) is 43.6. The zero-order chi connectivity index (χ0) is 26.6. The van der Waals surface area contributed by atoms with Gasteiger partial charge in [0.2, 0.25) is 5.91 Å². The van der Waals surface area contributed by atoms with Gasteiger partial charge in [0.25, 0.3) is 0 Å². The first kappa shape index (κ1) is 28.6. The topological polar surface area (TPSA) is 113 Å². The number of ether oxygens (including phenoxy) is 1. The molecule has 4 amide bonds. The summed E-state index contributed by atoms with van der Waals surface area (Å²) in [5.74, 6) is -0.368. The summed E-state index contributed by atoms with van der Waals surface area (Å²) in [6.45, 7) is 10.7. The number of hydrogen-bond acceptors (Lipinski definition) is 5. The van der Waals surface area contributed by atoms with Crippen LogP contribution in [0.2, 0.25) is 0 Å². The molecule has 1 heterocycles. The minimum Gasteiger partial charge on any atom is -0.444 e. The molecule has 0 aliphatic heterocycles. The lowest BCUT2D eigenvalue weighted by atomic mass is 10.0. The van der Waals surface area contributed by atoms with Crippen molar-refractivity contribution in [3.63, 3.8) is 0 Å². The molecule has 0 aliphatic carbocycles. The molecule has 2 aromatic rings. The Kier molecular flexibility index (Phi) is 11.2. The Morgan fingerprint density at radius 1 is 1.00 bits per heavy atom. The molecule has 0 spiro atoms. The van der Waals surface area contributed by atoms with Gasteiger partial charge in [0.05, 0.1) is 6.54 Å². The normalized spacial score (nSPS) is 11.9. The van der Waals surface area contributed by atoms with Gasteiger partial charge in [-0.05, 0) is 50.3 Å². The predicted molar refractivity (Wildman–Crippen MR) is 139 cm³/mol. The largest absolute Gasteiger partial charge is 0.444 e. The van der Waals surface area contributed by atoms with E-state index in [-0.39, 0.29) is 11.8 Å². The molecule has 0 radical (unpaired) electrons. The summed E-state index contributed by atoms with van der Waals surface area (Å²) in [7, 11) is 0. The maximum absolute atomic E-state index is 12.8. The monoisotopic (exact) mass is 497 g/mol. The van der Waals surface area contributed by atoms with Gasteiger partial charge >= 0.3 is 12.1 Å². The number of rotatable bonds is 11. The third kappa shape index (κ3) is 10.8. The highest BCUT2D eigenvalue weighted by atomic mass is 16.6. The molecular formula is C27H39N5O4. The van der Waals surface area contributed by atoms with E-state index in [1.54, 1.807) is 17.3 Å². The van der Waals surface area contributed by atoms with Crippen molar-refractivity contribution in [3.05, 3.63) is 66.0 Å². The highest BCUT2D eigenvalue weighted by molar-refractivity contribution is 5.87. The molecule has 0 saturated heterocycles. The summed E-state index contributed by atoms with van der Waals surface area (Å²) in [6.07, 6.45) is 3.49. The third-order valence-corrected chi connectivity index (χ3v) is 5.18. The lowest BCUT2D eigenvalue weighted by Crippen LogP contribution is -2.52. The van der Waals surface area contributed by atoms with E-state index in [9.17, 15) is 14.4 Å². The molecule has 0 fully saturated rings. The third-order valence-electron chi connectivity index (χ3n) is 5.18. The Balaban J connectivity index is 1.85.